The van der Waals surface area contributed by atoms with Gasteiger partial charge in [0.05, 0.1) is 15.6 Å². The zero-order valence-corrected chi connectivity index (χ0v) is 16.7. The van der Waals surface area contributed by atoms with Gasteiger partial charge in [0, 0.05) is 41.4 Å². The Morgan fingerprint density at radius 2 is 1.90 bits per heavy atom. The molecule has 2 heterocycles. The van der Waals surface area contributed by atoms with Gasteiger partial charge in [0.1, 0.15) is 5.69 Å². The zero-order chi connectivity index (χ0) is 20.4. The molecule has 3 aromatic rings. The molecule has 0 bridgehead atoms. The van der Waals surface area contributed by atoms with Gasteiger partial charge in [-0.25, -0.2) is 4.98 Å². The number of amides is 1. The quantitative estimate of drug-likeness (QED) is 0.480. The standard InChI is InChI=1S/C21H20N4O3S/c1-14-22-18(13-29-14)15-4-7-17(8-5-15)23-21(26)16-6-9-19(20(12-16)25(27)28)24-10-2-3-11-24/h4-9,12-13H,2-3,10-11H2,1H3,(H,23,26). The summed E-state index contributed by atoms with van der Waals surface area (Å²) in [6.07, 6.45) is 2.05. The van der Waals surface area contributed by atoms with E-state index in [1.165, 1.54) is 6.07 Å². The van der Waals surface area contributed by atoms with E-state index in [2.05, 4.69) is 10.3 Å². The average molecular weight is 408 g/mol. The highest BCUT2D eigenvalue weighted by molar-refractivity contribution is 7.09. The van der Waals surface area contributed by atoms with Gasteiger partial charge in [-0.2, -0.15) is 0 Å². The topological polar surface area (TPSA) is 88.4 Å². The number of nitrogens with one attached hydrogen (secondary N) is 1. The molecule has 0 radical (unpaired) electrons. The van der Waals surface area contributed by atoms with Crippen LogP contribution in [-0.4, -0.2) is 28.9 Å². The molecule has 8 heteroatoms. The van der Waals surface area contributed by atoms with Gasteiger partial charge in [-0.1, -0.05) is 12.1 Å². The third-order valence-electron chi connectivity index (χ3n) is 4.94. The van der Waals surface area contributed by atoms with E-state index >= 15 is 0 Å². The molecule has 1 fully saturated rings. The van der Waals surface area contributed by atoms with Crippen LogP contribution in [-0.2, 0) is 0 Å². The Balaban J connectivity index is 1.52. The van der Waals surface area contributed by atoms with E-state index in [0.717, 1.165) is 42.2 Å². The first-order valence-electron chi connectivity index (χ1n) is 9.38. The fraction of sp³-hybridized carbons (Fsp3) is 0.238. The molecule has 1 saturated heterocycles. The highest BCUT2D eigenvalue weighted by Gasteiger charge is 2.23. The maximum atomic E-state index is 12.6. The maximum Gasteiger partial charge on any atom is 0.293 e. The first-order valence-corrected chi connectivity index (χ1v) is 10.3. The molecule has 1 amide bonds. The minimum Gasteiger partial charge on any atom is -0.366 e. The lowest BCUT2D eigenvalue weighted by atomic mass is 10.1. The number of benzene rings is 2. The summed E-state index contributed by atoms with van der Waals surface area (Å²) >= 11 is 1.59. The molecule has 0 atom stereocenters. The van der Waals surface area contributed by atoms with Crippen molar-refractivity contribution in [2.24, 2.45) is 0 Å². The van der Waals surface area contributed by atoms with Crippen LogP contribution < -0.4 is 10.2 Å². The number of aryl methyl sites for hydroxylation is 1. The number of nitro benzene ring substituents is 1. The second-order valence-corrected chi connectivity index (χ2v) is 8.00. The van der Waals surface area contributed by atoms with E-state index in [4.69, 9.17) is 0 Å². The SMILES string of the molecule is Cc1nc(-c2ccc(NC(=O)c3ccc(N4CCCC4)c([N+](=O)[O-])c3)cc2)cs1. The summed E-state index contributed by atoms with van der Waals surface area (Å²) in [4.78, 5) is 30.2. The van der Waals surface area contributed by atoms with Crippen molar-refractivity contribution in [2.45, 2.75) is 19.8 Å². The number of carbonyl (C=O) groups excluding carboxylic acids is 1. The molecule has 148 valence electrons. The fourth-order valence-corrected chi connectivity index (χ4v) is 4.08. The van der Waals surface area contributed by atoms with Crippen LogP contribution >= 0.6 is 11.3 Å². The number of carbonyl (C=O) groups is 1. The van der Waals surface area contributed by atoms with Crippen LogP contribution in [0.1, 0.15) is 28.2 Å². The number of hydrogen-bond acceptors (Lipinski definition) is 6. The van der Waals surface area contributed by atoms with Gasteiger partial charge in [-0.15, -0.1) is 11.3 Å². The maximum absolute atomic E-state index is 12.6. The predicted octanol–water partition coefficient (Wildman–Crippen LogP) is 4.88. The number of nitrogens with zero attached hydrogens (tertiary/aromatic N) is 3. The van der Waals surface area contributed by atoms with E-state index in [9.17, 15) is 14.9 Å². The predicted molar refractivity (Wildman–Crippen MR) is 115 cm³/mol. The first kappa shape index (κ1) is 19.1. The first-order chi connectivity index (χ1) is 14.0. The molecule has 1 N–H and O–H groups in total. The van der Waals surface area contributed by atoms with E-state index in [0.29, 0.717) is 11.4 Å². The molecule has 2 aromatic carbocycles. The molecule has 7 nitrogen and oxygen atoms in total. The Labute approximate surface area is 172 Å². The van der Waals surface area contributed by atoms with Gasteiger partial charge in [0.2, 0.25) is 0 Å². The monoisotopic (exact) mass is 408 g/mol. The lowest BCUT2D eigenvalue weighted by Gasteiger charge is -2.17. The van der Waals surface area contributed by atoms with Crippen molar-refractivity contribution in [3.05, 3.63) is 68.5 Å². The Kier molecular flexibility index (Phi) is 5.26. The Morgan fingerprint density at radius 1 is 1.17 bits per heavy atom. The minimum atomic E-state index is -0.422. The minimum absolute atomic E-state index is 0.0335. The Hall–Kier alpha value is -3.26. The smallest absolute Gasteiger partial charge is 0.293 e. The van der Waals surface area contributed by atoms with Gasteiger partial charge in [0.25, 0.3) is 11.6 Å². The summed E-state index contributed by atoms with van der Waals surface area (Å²) in [6, 6.07) is 12.1. The molecule has 0 spiro atoms. The lowest BCUT2D eigenvalue weighted by molar-refractivity contribution is -0.384. The largest absolute Gasteiger partial charge is 0.366 e. The van der Waals surface area contributed by atoms with Gasteiger partial charge >= 0.3 is 0 Å². The van der Waals surface area contributed by atoms with Gasteiger partial charge < -0.3 is 10.2 Å². The van der Waals surface area contributed by atoms with Crippen LogP contribution in [0, 0.1) is 17.0 Å². The molecule has 4 rings (SSSR count). The van der Waals surface area contributed by atoms with E-state index < -0.39 is 4.92 Å². The number of nitro groups is 1. The summed E-state index contributed by atoms with van der Waals surface area (Å²) in [5.74, 6) is -0.377. The van der Waals surface area contributed by atoms with Crippen LogP contribution in [0.25, 0.3) is 11.3 Å². The summed E-state index contributed by atoms with van der Waals surface area (Å²) in [7, 11) is 0. The van der Waals surface area contributed by atoms with Gasteiger partial charge in [-0.05, 0) is 44.0 Å². The van der Waals surface area contributed by atoms with Gasteiger partial charge in [0.15, 0.2) is 0 Å². The van der Waals surface area contributed by atoms with Crippen LogP contribution in [0.15, 0.2) is 47.8 Å². The lowest BCUT2D eigenvalue weighted by Crippen LogP contribution is -2.19. The molecule has 29 heavy (non-hydrogen) atoms. The third kappa shape index (κ3) is 4.12. The fourth-order valence-electron chi connectivity index (χ4n) is 3.46. The molecular formula is C21H20N4O3S. The molecule has 0 aliphatic carbocycles. The normalized spacial score (nSPS) is 13.5. The van der Waals surface area contributed by atoms with Crippen LogP contribution in [0.5, 0.6) is 0 Å². The molecule has 1 aliphatic heterocycles. The number of anilines is 2. The van der Waals surface area contributed by atoms with Crippen molar-refractivity contribution >= 4 is 34.3 Å². The van der Waals surface area contributed by atoms with E-state index in [1.54, 1.807) is 35.6 Å². The van der Waals surface area contributed by atoms with Gasteiger partial charge in [-0.3, -0.25) is 14.9 Å². The Bertz CT molecular complexity index is 1060. The molecule has 0 unspecified atom stereocenters. The van der Waals surface area contributed by atoms with Crippen molar-refractivity contribution < 1.29 is 9.72 Å². The summed E-state index contributed by atoms with van der Waals surface area (Å²) in [5, 5.41) is 17.3. The van der Waals surface area contributed by atoms with E-state index in [-0.39, 0.29) is 17.2 Å². The molecule has 0 saturated carbocycles. The molecular weight excluding hydrogens is 388 g/mol. The highest BCUT2D eigenvalue weighted by Crippen LogP contribution is 2.32. The van der Waals surface area contributed by atoms with Crippen molar-refractivity contribution in [2.75, 3.05) is 23.3 Å². The van der Waals surface area contributed by atoms with E-state index in [1.807, 2.05) is 29.3 Å². The van der Waals surface area contributed by atoms with Crippen molar-refractivity contribution in [3.63, 3.8) is 0 Å². The van der Waals surface area contributed by atoms with Crippen LogP contribution in [0.4, 0.5) is 17.1 Å². The number of hydrogen-bond donors (Lipinski definition) is 1. The summed E-state index contributed by atoms with van der Waals surface area (Å²) in [6.45, 7) is 3.56. The van der Waals surface area contributed by atoms with Crippen molar-refractivity contribution in [3.8, 4) is 11.3 Å². The average Bonchev–Trinajstić information content (AvgIpc) is 3.40. The van der Waals surface area contributed by atoms with Crippen LogP contribution in [0.2, 0.25) is 0 Å². The molecule has 1 aromatic heterocycles. The third-order valence-corrected chi connectivity index (χ3v) is 5.71. The Morgan fingerprint density at radius 3 is 2.52 bits per heavy atom. The highest BCUT2D eigenvalue weighted by atomic mass is 32.1. The summed E-state index contributed by atoms with van der Waals surface area (Å²) in [5.41, 5.74) is 3.30. The van der Waals surface area contributed by atoms with Crippen molar-refractivity contribution in [1.82, 2.24) is 4.98 Å². The second kappa shape index (κ2) is 8.00. The zero-order valence-electron chi connectivity index (χ0n) is 15.9. The number of aromatic nitrogens is 1. The second-order valence-electron chi connectivity index (χ2n) is 6.94. The number of thiazole rings is 1. The number of rotatable bonds is 5. The van der Waals surface area contributed by atoms with Crippen LogP contribution in [0.3, 0.4) is 0 Å². The molecule has 1 aliphatic rings. The summed E-state index contributed by atoms with van der Waals surface area (Å²) < 4.78 is 0. The van der Waals surface area contributed by atoms with Crippen molar-refractivity contribution in [1.29, 1.82) is 0 Å².